The van der Waals surface area contributed by atoms with Crippen LogP contribution in [0.3, 0.4) is 0 Å². The lowest BCUT2D eigenvalue weighted by Crippen LogP contribution is -3.00. The van der Waals surface area contributed by atoms with Gasteiger partial charge < -0.3 is 17.0 Å². The summed E-state index contributed by atoms with van der Waals surface area (Å²) >= 11 is 0. The van der Waals surface area contributed by atoms with Crippen LogP contribution in [-0.2, 0) is 6.54 Å². The van der Waals surface area contributed by atoms with Gasteiger partial charge in [0.25, 0.3) is 0 Å². The molecule has 0 aliphatic rings. The number of nitriles is 1. The highest BCUT2D eigenvalue weighted by Crippen LogP contribution is 2.16. The first-order valence-electron chi connectivity index (χ1n) is 6.67. The first-order valence-corrected chi connectivity index (χ1v) is 6.67. The summed E-state index contributed by atoms with van der Waals surface area (Å²) in [5.41, 5.74) is 1.23. The van der Waals surface area contributed by atoms with E-state index in [0.717, 1.165) is 10.8 Å². The number of hydrogen-bond donors (Lipinski definition) is 0. The monoisotopic (exact) mass is 352 g/mol. The Kier molecular flexibility index (Phi) is 5.03. The Morgan fingerprint density at radius 2 is 1.82 bits per heavy atom. The molecule has 0 saturated carbocycles. The van der Waals surface area contributed by atoms with Gasteiger partial charge in [-0.1, -0.05) is 36.4 Å². The number of rotatable bonds is 3. The Balaban J connectivity index is 0.00000176. The van der Waals surface area contributed by atoms with E-state index in [1.54, 1.807) is 29.1 Å². The van der Waals surface area contributed by atoms with Crippen LogP contribution in [0.2, 0.25) is 0 Å². The number of ketones is 1. The zero-order chi connectivity index (χ0) is 14.7. The predicted molar refractivity (Wildman–Crippen MR) is 79.6 cm³/mol. The lowest BCUT2D eigenvalue weighted by molar-refractivity contribution is -0.683. The maximum atomic E-state index is 12.4. The van der Waals surface area contributed by atoms with Crippen LogP contribution >= 0.6 is 0 Å². The number of nitrogens with zero attached hydrogens (tertiary/aromatic N) is 2. The van der Waals surface area contributed by atoms with Gasteiger partial charge >= 0.3 is 0 Å². The number of hydrogen-bond acceptors (Lipinski definition) is 2. The van der Waals surface area contributed by atoms with E-state index >= 15 is 0 Å². The molecule has 3 nitrogen and oxygen atoms in total. The minimum absolute atomic E-state index is 0. The third kappa shape index (κ3) is 3.38. The van der Waals surface area contributed by atoms with Gasteiger partial charge in [0, 0.05) is 11.6 Å². The summed E-state index contributed by atoms with van der Waals surface area (Å²) in [5, 5.41) is 11.1. The minimum atomic E-state index is 0. The van der Waals surface area contributed by atoms with Crippen molar-refractivity contribution in [2.75, 3.05) is 0 Å². The Labute approximate surface area is 139 Å². The van der Waals surface area contributed by atoms with E-state index in [4.69, 9.17) is 5.26 Å². The predicted octanol–water partition coefficient (Wildman–Crippen LogP) is -0.114. The van der Waals surface area contributed by atoms with Crippen LogP contribution in [-0.4, -0.2) is 5.78 Å². The Hall–Kier alpha value is -2.51. The molecule has 0 spiro atoms. The first kappa shape index (κ1) is 15.9. The summed E-state index contributed by atoms with van der Waals surface area (Å²) < 4.78 is 1.73. The van der Waals surface area contributed by atoms with E-state index in [-0.39, 0.29) is 29.3 Å². The topological polar surface area (TPSA) is 44.7 Å². The van der Waals surface area contributed by atoms with Crippen LogP contribution in [0.25, 0.3) is 10.8 Å². The van der Waals surface area contributed by atoms with Gasteiger partial charge in [-0.25, -0.2) is 0 Å². The van der Waals surface area contributed by atoms with Gasteiger partial charge in [-0.3, -0.25) is 4.79 Å². The van der Waals surface area contributed by atoms with Crippen LogP contribution in [0.4, 0.5) is 0 Å². The van der Waals surface area contributed by atoms with Gasteiger partial charge in [0.15, 0.2) is 12.4 Å². The molecule has 0 radical (unpaired) electrons. The van der Waals surface area contributed by atoms with Crippen LogP contribution in [0.15, 0.2) is 67.0 Å². The van der Waals surface area contributed by atoms with Crippen molar-refractivity contribution < 1.29 is 26.3 Å². The number of benzene rings is 2. The number of Topliss-reactive ketones (excluding diaryl/α,β-unsaturated/α-hetero) is 1. The number of carbonyl (C=O) groups is 1. The zero-order valence-electron chi connectivity index (χ0n) is 11.7. The molecule has 0 aliphatic heterocycles. The molecule has 22 heavy (non-hydrogen) atoms. The summed E-state index contributed by atoms with van der Waals surface area (Å²) in [5.74, 6) is 0.0286. The van der Waals surface area contributed by atoms with Gasteiger partial charge in [-0.2, -0.15) is 9.83 Å². The normalized spacial score (nSPS) is 9.77. The van der Waals surface area contributed by atoms with Gasteiger partial charge in [-0.05, 0) is 22.9 Å². The highest BCUT2D eigenvalue weighted by Gasteiger charge is 2.13. The fraction of sp³-hybridized carbons (Fsp3) is 0.0556. The molecule has 0 aliphatic carbocycles. The molecule has 1 aromatic heterocycles. The molecule has 3 rings (SSSR count). The summed E-state index contributed by atoms with van der Waals surface area (Å²) in [6, 6.07) is 19.2. The molecule has 0 bridgehead atoms. The second kappa shape index (κ2) is 6.97. The van der Waals surface area contributed by atoms with Crippen LogP contribution < -0.4 is 21.5 Å². The molecule has 0 atom stereocenters. The highest BCUT2D eigenvalue weighted by atomic mass is 79.9. The molecule has 0 amide bonds. The van der Waals surface area contributed by atoms with Crippen LogP contribution in [0.1, 0.15) is 15.9 Å². The average Bonchev–Trinajstić information content (AvgIpc) is 2.54. The fourth-order valence-corrected chi connectivity index (χ4v) is 2.31. The second-order valence-corrected chi connectivity index (χ2v) is 4.86. The van der Waals surface area contributed by atoms with Crippen molar-refractivity contribution in [1.82, 2.24) is 0 Å². The summed E-state index contributed by atoms with van der Waals surface area (Å²) in [7, 11) is 0. The highest BCUT2D eigenvalue weighted by molar-refractivity contribution is 5.99. The molecule has 4 heteroatoms. The zero-order valence-corrected chi connectivity index (χ0v) is 13.3. The van der Waals surface area contributed by atoms with Crippen molar-refractivity contribution in [3.63, 3.8) is 0 Å². The largest absolute Gasteiger partial charge is 1.00 e. The lowest BCUT2D eigenvalue weighted by atomic mass is 10.0. The second-order valence-electron chi connectivity index (χ2n) is 4.86. The van der Waals surface area contributed by atoms with Crippen molar-refractivity contribution in [1.29, 1.82) is 5.26 Å². The maximum absolute atomic E-state index is 12.4. The first-order chi connectivity index (χ1) is 10.3. The number of fused-ring (bicyclic) bond motifs is 1. The molecular weight excluding hydrogens is 340 g/mol. The molecule has 2 aromatic carbocycles. The molecule has 0 unspecified atom stereocenters. The van der Waals surface area contributed by atoms with Gasteiger partial charge in [0.1, 0.15) is 11.6 Å². The third-order valence-corrected chi connectivity index (χ3v) is 3.38. The van der Waals surface area contributed by atoms with E-state index in [2.05, 4.69) is 6.07 Å². The smallest absolute Gasteiger partial charge is 0.227 e. The van der Waals surface area contributed by atoms with Crippen molar-refractivity contribution >= 4 is 16.6 Å². The van der Waals surface area contributed by atoms with E-state index in [0.29, 0.717) is 11.1 Å². The fourth-order valence-electron chi connectivity index (χ4n) is 2.31. The number of halogens is 1. The minimum Gasteiger partial charge on any atom is -1.00 e. The molecule has 0 saturated heterocycles. The quantitative estimate of drug-likeness (QED) is 0.487. The molecule has 3 aromatic rings. The van der Waals surface area contributed by atoms with E-state index in [1.165, 1.54) is 0 Å². The molecule has 0 fully saturated rings. The van der Waals surface area contributed by atoms with Crippen molar-refractivity contribution in [2.24, 2.45) is 0 Å². The number of carbonyl (C=O) groups excluding carboxylic acids is 1. The number of pyridine rings is 1. The third-order valence-electron chi connectivity index (χ3n) is 3.38. The standard InChI is InChI=1S/C18H13N2O.BrH/c19-11-14-4-3-9-20(12-14)13-18(21)17-8-7-15-5-1-2-6-16(15)10-17;/h1-10,12H,13H2;1H/q+1;/p-1. The lowest BCUT2D eigenvalue weighted by Gasteiger charge is -2.01. The number of aromatic nitrogens is 1. The van der Waals surface area contributed by atoms with Crippen molar-refractivity contribution in [3.05, 3.63) is 78.1 Å². The molecule has 108 valence electrons. The van der Waals surface area contributed by atoms with Crippen molar-refractivity contribution in [2.45, 2.75) is 6.54 Å². The summed E-state index contributed by atoms with van der Waals surface area (Å²) in [6.07, 6.45) is 3.47. The Morgan fingerprint density at radius 1 is 1.05 bits per heavy atom. The van der Waals surface area contributed by atoms with E-state index in [9.17, 15) is 4.79 Å². The molecule has 0 N–H and O–H groups in total. The van der Waals surface area contributed by atoms with Crippen LogP contribution in [0.5, 0.6) is 0 Å². The van der Waals surface area contributed by atoms with Gasteiger partial charge in [0.2, 0.25) is 12.3 Å². The van der Waals surface area contributed by atoms with E-state index < -0.39 is 0 Å². The molecule has 1 heterocycles. The van der Waals surface area contributed by atoms with Crippen molar-refractivity contribution in [3.8, 4) is 6.07 Å². The summed E-state index contributed by atoms with van der Waals surface area (Å²) in [6.45, 7) is 0.230. The summed E-state index contributed by atoms with van der Waals surface area (Å²) in [4.78, 5) is 12.4. The molecular formula is C18H13BrN2O. The Morgan fingerprint density at radius 3 is 2.59 bits per heavy atom. The van der Waals surface area contributed by atoms with E-state index in [1.807, 2.05) is 42.5 Å². The average molecular weight is 353 g/mol. The SMILES string of the molecule is N#Cc1ccc[n+](CC(=O)c2ccc3ccccc3c2)c1.[Br-]. The van der Waals surface area contributed by atoms with Gasteiger partial charge in [-0.15, -0.1) is 0 Å². The Bertz CT molecular complexity index is 868. The maximum Gasteiger partial charge on any atom is 0.227 e. The van der Waals surface area contributed by atoms with Gasteiger partial charge in [0.05, 0.1) is 0 Å². The van der Waals surface area contributed by atoms with Crippen LogP contribution in [0, 0.1) is 11.3 Å².